The molecule has 0 bridgehead atoms. The predicted molar refractivity (Wildman–Crippen MR) is 135 cm³/mol. The van der Waals surface area contributed by atoms with Crippen molar-refractivity contribution in [3.8, 4) is 0 Å². The average molecular weight is 524 g/mol. The number of ether oxygens (including phenoxy) is 1. The number of methoxy groups -OCH3 is 1. The molecule has 0 radical (unpaired) electrons. The van der Waals surface area contributed by atoms with Gasteiger partial charge < -0.3 is 14.5 Å². The van der Waals surface area contributed by atoms with Crippen LogP contribution in [0.25, 0.3) is 11.1 Å². The third kappa shape index (κ3) is 4.63. The number of hydrogen-bond acceptors (Lipinski definition) is 11. The maximum Gasteiger partial charge on any atom is 0.369 e. The van der Waals surface area contributed by atoms with Crippen LogP contribution in [0.15, 0.2) is 69.2 Å². The highest BCUT2D eigenvalue weighted by atomic mass is 35.5. The maximum atomic E-state index is 13.4. The van der Waals surface area contributed by atoms with Crippen LogP contribution in [0.4, 0.5) is 11.1 Å². The van der Waals surface area contributed by atoms with Crippen molar-refractivity contribution in [3.63, 3.8) is 0 Å². The van der Waals surface area contributed by atoms with Crippen molar-refractivity contribution in [3.05, 3.63) is 75.4 Å². The monoisotopic (exact) mass is 523 g/mol. The SMILES string of the molecule is COC(=O)c1nnc(NC(=O)C2=C(C)NC(Nc3nc4ccccc4o3)=NC2c2ccccc2Cl)s1. The quantitative estimate of drug-likeness (QED) is 0.328. The highest BCUT2D eigenvalue weighted by Crippen LogP contribution is 2.35. The lowest BCUT2D eigenvalue weighted by molar-refractivity contribution is -0.113. The van der Waals surface area contributed by atoms with Gasteiger partial charge in [0.15, 0.2) is 5.58 Å². The number of anilines is 2. The van der Waals surface area contributed by atoms with Crippen molar-refractivity contribution < 1.29 is 18.7 Å². The van der Waals surface area contributed by atoms with Crippen molar-refractivity contribution in [1.29, 1.82) is 0 Å². The zero-order chi connectivity index (χ0) is 25.2. The number of amides is 1. The zero-order valence-electron chi connectivity index (χ0n) is 18.9. The minimum absolute atomic E-state index is 0.0192. The zero-order valence-corrected chi connectivity index (χ0v) is 20.5. The number of nitrogens with one attached hydrogen (secondary N) is 3. The minimum atomic E-state index is -0.764. The molecule has 5 rings (SSSR count). The van der Waals surface area contributed by atoms with Crippen molar-refractivity contribution in [1.82, 2.24) is 20.5 Å². The van der Waals surface area contributed by atoms with E-state index in [0.29, 0.717) is 38.9 Å². The van der Waals surface area contributed by atoms with Crippen molar-refractivity contribution in [2.45, 2.75) is 13.0 Å². The van der Waals surface area contributed by atoms with E-state index in [1.807, 2.05) is 30.3 Å². The van der Waals surface area contributed by atoms with Gasteiger partial charge in [-0.3, -0.25) is 15.4 Å². The Morgan fingerprint density at radius 2 is 1.92 bits per heavy atom. The molecule has 3 heterocycles. The first-order valence-corrected chi connectivity index (χ1v) is 11.8. The van der Waals surface area contributed by atoms with Crippen molar-refractivity contribution >= 4 is 63.0 Å². The van der Waals surface area contributed by atoms with E-state index in [2.05, 4.69) is 35.9 Å². The molecular formula is C23H18ClN7O4S. The van der Waals surface area contributed by atoms with Crippen LogP contribution >= 0.6 is 22.9 Å². The van der Waals surface area contributed by atoms with E-state index in [0.717, 1.165) is 11.3 Å². The topological polar surface area (TPSA) is 144 Å². The number of carbonyl (C=O) groups is 2. The largest absolute Gasteiger partial charge is 0.464 e. The molecule has 36 heavy (non-hydrogen) atoms. The second kappa shape index (κ2) is 9.76. The molecule has 3 N–H and O–H groups in total. The predicted octanol–water partition coefficient (Wildman–Crippen LogP) is 4.14. The molecule has 2 aromatic heterocycles. The number of nitrogens with zero attached hydrogens (tertiary/aromatic N) is 4. The van der Waals surface area contributed by atoms with Gasteiger partial charge in [0.05, 0.1) is 12.7 Å². The first-order chi connectivity index (χ1) is 17.4. The molecule has 1 aliphatic rings. The molecule has 4 aromatic rings. The lowest BCUT2D eigenvalue weighted by atomic mass is 9.95. The van der Waals surface area contributed by atoms with Crippen LogP contribution < -0.4 is 16.0 Å². The first-order valence-electron chi connectivity index (χ1n) is 10.6. The number of carbonyl (C=O) groups excluding carboxylic acids is 2. The van der Waals surface area contributed by atoms with Gasteiger partial charge in [-0.2, -0.15) is 4.98 Å². The van der Waals surface area contributed by atoms with Crippen LogP contribution in [-0.4, -0.2) is 40.1 Å². The second-order valence-electron chi connectivity index (χ2n) is 7.54. The molecule has 1 aliphatic heterocycles. The Morgan fingerprint density at radius 1 is 1.14 bits per heavy atom. The molecule has 0 aliphatic carbocycles. The van der Waals surface area contributed by atoms with Gasteiger partial charge in [-0.15, -0.1) is 10.2 Å². The molecule has 0 saturated heterocycles. The smallest absolute Gasteiger partial charge is 0.369 e. The molecule has 182 valence electrons. The number of oxazole rings is 1. The lowest BCUT2D eigenvalue weighted by Crippen LogP contribution is -2.37. The summed E-state index contributed by atoms with van der Waals surface area (Å²) in [5, 5.41) is 17.0. The van der Waals surface area contributed by atoms with Crippen LogP contribution in [-0.2, 0) is 9.53 Å². The summed E-state index contributed by atoms with van der Waals surface area (Å²) in [6.07, 6.45) is 0. The van der Waals surface area contributed by atoms with Crippen molar-refractivity contribution in [2.24, 2.45) is 4.99 Å². The fourth-order valence-corrected chi connectivity index (χ4v) is 4.49. The molecule has 1 unspecified atom stereocenters. The molecular weight excluding hydrogens is 506 g/mol. The summed E-state index contributed by atoms with van der Waals surface area (Å²) in [4.78, 5) is 34.2. The average Bonchev–Trinajstić information content (AvgIpc) is 3.50. The number of guanidine groups is 1. The number of para-hydroxylation sites is 2. The van der Waals surface area contributed by atoms with Crippen LogP contribution in [0.5, 0.6) is 0 Å². The highest BCUT2D eigenvalue weighted by molar-refractivity contribution is 7.17. The van der Waals surface area contributed by atoms with Crippen LogP contribution in [0, 0.1) is 0 Å². The van der Waals surface area contributed by atoms with E-state index in [9.17, 15) is 9.59 Å². The van der Waals surface area contributed by atoms with Gasteiger partial charge in [-0.25, -0.2) is 9.79 Å². The summed E-state index contributed by atoms with van der Waals surface area (Å²) in [6.45, 7) is 1.74. The fourth-order valence-electron chi connectivity index (χ4n) is 3.59. The number of allylic oxidation sites excluding steroid dienone is 1. The van der Waals surface area contributed by atoms with Gasteiger partial charge >= 0.3 is 12.0 Å². The molecule has 1 atom stereocenters. The number of esters is 1. The van der Waals surface area contributed by atoms with Gasteiger partial charge in [-0.1, -0.05) is 53.3 Å². The Labute approximate surface area is 213 Å². The summed E-state index contributed by atoms with van der Waals surface area (Å²) < 4.78 is 10.4. The Morgan fingerprint density at radius 3 is 2.69 bits per heavy atom. The fraction of sp³-hybridized carbons (Fsp3) is 0.130. The number of fused-ring (bicyclic) bond motifs is 1. The van der Waals surface area contributed by atoms with Crippen LogP contribution in [0.1, 0.15) is 28.3 Å². The Balaban J connectivity index is 1.46. The summed E-state index contributed by atoms with van der Waals surface area (Å²) in [5.41, 5.74) is 2.75. The number of benzene rings is 2. The number of rotatable bonds is 5. The number of halogens is 1. The van der Waals surface area contributed by atoms with Gasteiger partial charge in [0.25, 0.3) is 5.91 Å². The third-order valence-corrected chi connectivity index (χ3v) is 6.37. The normalized spacial score (nSPS) is 15.3. The Hall–Kier alpha value is -4.29. The second-order valence-corrected chi connectivity index (χ2v) is 8.92. The molecule has 11 nitrogen and oxygen atoms in total. The number of aliphatic imine (C=N–C) groups is 1. The summed E-state index contributed by atoms with van der Waals surface area (Å²) in [5.74, 6) is -0.803. The van der Waals surface area contributed by atoms with E-state index < -0.39 is 17.9 Å². The van der Waals surface area contributed by atoms with E-state index >= 15 is 0 Å². The third-order valence-electron chi connectivity index (χ3n) is 5.21. The molecule has 0 spiro atoms. The van der Waals surface area contributed by atoms with E-state index in [1.54, 1.807) is 25.1 Å². The Bertz CT molecular complexity index is 1510. The van der Waals surface area contributed by atoms with Gasteiger partial charge in [-0.05, 0) is 25.1 Å². The number of aromatic nitrogens is 3. The van der Waals surface area contributed by atoms with Crippen LogP contribution in [0.3, 0.4) is 0 Å². The van der Waals surface area contributed by atoms with Gasteiger partial charge in [0.1, 0.15) is 11.6 Å². The summed E-state index contributed by atoms with van der Waals surface area (Å²) in [7, 11) is 1.24. The standard InChI is InChI=1S/C23H18ClN7O4S/c1-11-16(18(32)28-23-31-30-19(36-23)20(33)34-2)17(12-7-3-4-8-13(12)24)27-21(25-11)29-22-26-14-9-5-6-10-15(14)35-22/h3-10,17H,1-2H3,(H,28,31,32)(H2,25,26,27,29). The molecule has 1 amide bonds. The first kappa shape index (κ1) is 23.5. The van der Waals surface area contributed by atoms with Crippen LogP contribution in [0.2, 0.25) is 5.02 Å². The summed E-state index contributed by atoms with van der Waals surface area (Å²) >= 11 is 7.38. The lowest BCUT2D eigenvalue weighted by Gasteiger charge is -2.26. The Kier molecular flexibility index (Phi) is 6.36. The molecule has 0 saturated carbocycles. The minimum Gasteiger partial charge on any atom is -0.464 e. The van der Waals surface area contributed by atoms with Crippen molar-refractivity contribution in [2.75, 3.05) is 17.7 Å². The maximum absolute atomic E-state index is 13.4. The molecule has 0 fully saturated rings. The molecule has 13 heteroatoms. The van der Waals surface area contributed by atoms with Gasteiger partial charge in [0.2, 0.25) is 16.1 Å². The van der Waals surface area contributed by atoms with Gasteiger partial charge in [0, 0.05) is 16.3 Å². The molecule has 2 aromatic carbocycles. The highest BCUT2D eigenvalue weighted by Gasteiger charge is 2.31. The van der Waals surface area contributed by atoms with E-state index in [-0.39, 0.29) is 16.2 Å². The van der Waals surface area contributed by atoms with E-state index in [4.69, 9.17) is 21.0 Å². The number of hydrogen-bond donors (Lipinski definition) is 3. The van der Waals surface area contributed by atoms with E-state index in [1.165, 1.54) is 7.11 Å². The summed E-state index contributed by atoms with van der Waals surface area (Å²) in [6, 6.07) is 13.9.